The summed E-state index contributed by atoms with van der Waals surface area (Å²) in [5.41, 5.74) is 2.81. The number of carbonyl (C=O) groups is 1. The van der Waals surface area contributed by atoms with Crippen LogP contribution in [-0.4, -0.2) is 38.4 Å². The number of benzene rings is 1. The summed E-state index contributed by atoms with van der Waals surface area (Å²) in [5, 5.41) is 0.789. The highest BCUT2D eigenvalue weighted by molar-refractivity contribution is 5.78. The molecule has 0 bridgehead atoms. The zero-order valence-electron chi connectivity index (χ0n) is 20.4. The van der Waals surface area contributed by atoms with E-state index in [9.17, 15) is 4.79 Å². The topological polar surface area (TPSA) is 67.7 Å². The third-order valence-corrected chi connectivity index (χ3v) is 7.44. The van der Waals surface area contributed by atoms with Crippen LogP contribution in [0.25, 0.3) is 15.7 Å². The Labute approximate surface area is 204 Å². The van der Waals surface area contributed by atoms with Crippen LogP contribution in [0.5, 0.6) is 0 Å². The number of likely N-dealkylation sites (tertiary alicyclic amines) is 1. The Kier molecular flexibility index (Phi) is 5.87. The lowest BCUT2D eigenvalue weighted by atomic mass is 9.89. The second-order valence-electron chi connectivity index (χ2n) is 9.57. The molecule has 0 N–H and O–H groups in total. The van der Waals surface area contributed by atoms with Gasteiger partial charge in [-0.2, -0.15) is 0 Å². The van der Waals surface area contributed by atoms with Crippen LogP contribution in [0.15, 0.2) is 35.5 Å². The Hall–Kier alpha value is -3.60. The van der Waals surface area contributed by atoms with E-state index in [2.05, 4.69) is 14.4 Å². The van der Waals surface area contributed by atoms with E-state index in [1.807, 2.05) is 38.1 Å². The Morgan fingerprint density at radius 1 is 1.29 bits per heavy atom. The van der Waals surface area contributed by atoms with Gasteiger partial charge in [0.1, 0.15) is 5.82 Å². The van der Waals surface area contributed by atoms with Crippen molar-refractivity contribution in [2.75, 3.05) is 13.1 Å². The molecule has 0 saturated carbocycles. The maximum atomic E-state index is 16.1. The Bertz CT molecular complexity index is 1430. The molecule has 2 aliphatic rings. The van der Waals surface area contributed by atoms with Gasteiger partial charge in [-0.15, -0.1) is 0 Å². The van der Waals surface area contributed by atoms with Crippen LogP contribution in [-0.2, 0) is 23.4 Å². The molecule has 2 aromatic heterocycles. The summed E-state index contributed by atoms with van der Waals surface area (Å²) >= 11 is 0. The first-order valence-corrected chi connectivity index (χ1v) is 12.2. The molecule has 0 radical (unpaired) electrons. The number of hydrogen-bond acceptors (Lipinski definition) is 4. The molecule has 7 nitrogen and oxygen atoms in total. The molecule has 8 heteroatoms. The molecule has 5 rings (SSSR count). The van der Waals surface area contributed by atoms with Crippen LogP contribution in [0.4, 0.5) is 10.1 Å². The molecule has 1 amide bonds. The second kappa shape index (κ2) is 8.88. The van der Waals surface area contributed by atoms with Crippen LogP contribution in [0.3, 0.4) is 0 Å². The summed E-state index contributed by atoms with van der Waals surface area (Å²) in [6.07, 6.45) is 4.08. The number of aromatic nitrogens is 3. The van der Waals surface area contributed by atoms with Gasteiger partial charge in [0.15, 0.2) is 16.8 Å². The van der Waals surface area contributed by atoms with Crippen LogP contribution < -0.4 is 5.49 Å². The Morgan fingerprint density at radius 2 is 2.06 bits per heavy atom. The third kappa shape index (κ3) is 4.09. The molecule has 1 saturated heterocycles. The van der Waals surface area contributed by atoms with Crippen molar-refractivity contribution in [2.45, 2.75) is 64.7 Å². The largest absolute Gasteiger partial charge is 0.343 e. The van der Waals surface area contributed by atoms with Gasteiger partial charge in [0, 0.05) is 51.2 Å². The molecule has 180 valence electrons. The monoisotopic (exact) mass is 472 g/mol. The van der Waals surface area contributed by atoms with Crippen molar-refractivity contribution in [1.29, 1.82) is 0 Å². The van der Waals surface area contributed by atoms with Gasteiger partial charge in [-0.25, -0.2) is 14.2 Å². The first-order chi connectivity index (χ1) is 16.8. The van der Waals surface area contributed by atoms with E-state index in [4.69, 9.17) is 16.5 Å². The van der Waals surface area contributed by atoms with Crippen molar-refractivity contribution >= 4 is 22.5 Å². The Morgan fingerprint density at radius 3 is 2.77 bits per heavy atom. The number of aryl methyl sites for hydroxylation is 2. The zero-order chi connectivity index (χ0) is 24.7. The molecular weight excluding hydrogens is 443 g/mol. The highest BCUT2D eigenvalue weighted by Crippen LogP contribution is 2.37. The Balaban J connectivity index is 1.62. The summed E-state index contributed by atoms with van der Waals surface area (Å²) in [6, 6.07) is 7.29. The van der Waals surface area contributed by atoms with Gasteiger partial charge in [-0.3, -0.25) is 14.8 Å². The fraction of sp³-hybridized carbons (Fsp3) is 0.444. The van der Waals surface area contributed by atoms with Crippen LogP contribution in [0.1, 0.15) is 61.8 Å². The molecule has 1 aromatic carbocycles. The number of alkyl halides is 1. The fourth-order valence-electron chi connectivity index (χ4n) is 5.30. The molecule has 2 aliphatic heterocycles. The van der Waals surface area contributed by atoms with E-state index in [0.29, 0.717) is 30.0 Å². The maximum Gasteiger partial charge on any atom is 0.219 e. The first kappa shape index (κ1) is 23.2. The van der Waals surface area contributed by atoms with Gasteiger partial charge in [0.25, 0.3) is 0 Å². The van der Waals surface area contributed by atoms with Crippen LogP contribution in [0, 0.1) is 13.5 Å². The standard InChI is InChI=1S/C27H29FN6O/c1-17-20(7-5-8-22(17)29-4)18(2)31-26-21-15-24(27(28)10-13-33(14-11-27)19(3)35)30-16-23(21)34-12-6-9-25(34)32-26/h5,7-8,15-16,18H,6,9-14H2,1-3H3/t18-/m1/s1. The van der Waals surface area contributed by atoms with Crippen LogP contribution in [0.2, 0.25) is 0 Å². The molecular formula is C27H29FN6O. The SMILES string of the molecule is [C-]#[N+]c1cccc([C@@H](C)N=c2nc3n(c4cnc(C5(F)CCN(C(C)=O)CC5)cc24)CCC3)c1C. The highest BCUT2D eigenvalue weighted by atomic mass is 19.1. The maximum absolute atomic E-state index is 16.1. The summed E-state index contributed by atoms with van der Waals surface area (Å²) in [5.74, 6) is 0.941. The molecule has 4 heterocycles. The number of pyridine rings is 1. The normalized spacial score (nSPS) is 18.4. The predicted octanol–water partition coefficient (Wildman–Crippen LogP) is 4.71. The zero-order valence-corrected chi connectivity index (χ0v) is 20.4. The van der Waals surface area contributed by atoms with Crippen molar-refractivity contribution in [3.8, 4) is 0 Å². The minimum Gasteiger partial charge on any atom is -0.343 e. The number of rotatable bonds is 3. The smallest absolute Gasteiger partial charge is 0.219 e. The minimum atomic E-state index is -1.59. The molecule has 0 aliphatic carbocycles. The van der Waals surface area contributed by atoms with Crippen molar-refractivity contribution < 1.29 is 9.18 Å². The van der Waals surface area contributed by atoms with Gasteiger partial charge in [0.05, 0.1) is 30.0 Å². The summed E-state index contributed by atoms with van der Waals surface area (Å²) < 4.78 is 18.2. The third-order valence-electron chi connectivity index (χ3n) is 7.44. The van der Waals surface area contributed by atoms with Gasteiger partial charge < -0.3 is 9.47 Å². The van der Waals surface area contributed by atoms with Gasteiger partial charge in [-0.05, 0) is 37.5 Å². The van der Waals surface area contributed by atoms with E-state index < -0.39 is 5.67 Å². The van der Waals surface area contributed by atoms with E-state index in [-0.39, 0.29) is 24.8 Å². The lowest BCUT2D eigenvalue weighted by Crippen LogP contribution is -2.42. The molecule has 0 unspecified atom stereocenters. The highest BCUT2D eigenvalue weighted by Gasteiger charge is 2.38. The molecule has 35 heavy (non-hydrogen) atoms. The van der Waals surface area contributed by atoms with Crippen molar-refractivity contribution in [1.82, 2.24) is 19.4 Å². The van der Waals surface area contributed by atoms with E-state index in [1.165, 1.54) is 6.92 Å². The number of nitrogens with zero attached hydrogens (tertiary/aromatic N) is 6. The number of halogens is 1. The fourth-order valence-corrected chi connectivity index (χ4v) is 5.30. The van der Waals surface area contributed by atoms with E-state index in [0.717, 1.165) is 47.2 Å². The number of piperidine rings is 1. The predicted molar refractivity (Wildman–Crippen MR) is 132 cm³/mol. The number of fused-ring (bicyclic) bond motifs is 3. The molecule has 1 fully saturated rings. The lowest BCUT2D eigenvalue weighted by molar-refractivity contribution is -0.131. The quantitative estimate of drug-likeness (QED) is 0.519. The number of amides is 1. The van der Waals surface area contributed by atoms with E-state index >= 15 is 4.39 Å². The molecule has 0 spiro atoms. The summed E-state index contributed by atoms with van der Waals surface area (Å²) in [7, 11) is 0. The van der Waals surface area contributed by atoms with Crippen molar-refractivity contribution in [3.63, 3.8) is 0 Å². The van der Waals surface area contributed by atoms with Crippen molar-refractivity contribution in [3.05, 3.63) is 70.0 Å². The minimum absolute atomic E-state index is 0.0256. The first-order valence-electron chi connectivity index (χ1n) is 12.2. The van der Waals surface area contributed by atoms with Gasteiger partial charge >= 0.3 is 0 Å². The molecule has 1 atom stereocenters. The van der Waals surface area contributed by atoms with Crippen molar-refractivity contribution in [2.24, 2.45) is 4.99 Å². The number of hydrogen-bond donors (Lipinski definition) is 0. The average molecular weight is 473 g/mol. The van der Waals surface area contributed by atoms with Gasteiger partial charge in [0.2, 0.25) is 5.91 Å². The average Bonchev–Trinajstić information content (AvgIpc) is 3.33. The van der Waals surface area contributed by atoms with E-state index in [1.54, 1.807) is 11.1 Å². The molecule has 3 aromatic rings. The lowest BCUT2D eigenvalue weighted by Gasteiger charge is -2.35. The number of carbonyl (C=O) groups excluding carboxylic acids is 1. The van der Waals surface area contributed by atoms with Crippen LogP contribution >= 0.6 is 0 Å². The second-order valence-corrected chi connectivity index (χ2v) is 9.57. The summed E-state index contributed by atoms with van der Waals surface area (Å²) in [6.45, 7) is 14.5. The van der Waals surface area contributed by atoms with Gasteiger partial charge in [-0.1, -0.05) is 18.2 Å². The summed E-state index contributed by atoms with van der Waals surface area (Å²) in [4.78, 5) is 31.5.